The number of nitrogens with two attached hydrogens (primary N) is 1. The highest BCUT2D eigenvalue weighted by atomic mass is 32.1. The fraction of sp³-hybridized carbons (Fsp3) is 0.312. The summed E-state index contributed by atoms with van der Waals surface area (Å²) in [6.45, 7) is 10.1. The second kappa shape index (κ2) is 19.3. The van der Waals surface area contributed by atoms with Crippen molar-refractivity contribution in [2.75, 3.05) is 19.8 Å². The molecule has 0 radical (unpaired) electrons. The van der Waals surface area contributed by atoms with Gasteiger partial charge < -0.3 is 40.2 Å². The molecule has 6 aromatic rings. The Morgan fingerprint density at radius 1 is 0.985 bits per heavy atom. The van der Waals surface area contributed by atoms with E-state index in [2.05, 4.69) is 31.4 Å². The van der Waals surface area contributed by atoms with Gasteiger partial charge in [-0.3, -0.25) is 25.1 Å². The molecule has 7 N–H and O–H groups in total. The number of carbonyl (C=O) groups is 2. The maximum atomic E-state index is 14.2. The van der Waals surface area contributed by atoms with Crippen molar-refractivity contribution in [3.8, 4) is 27.8 Å². The Labute approximate surface area is 380 Å². The van der Waals surface area contributed by atoms with Crippen LogP contribution in [0.4, 0.5) is 0 Å². The quantitative estimate of drug-likeness (QED) is 0.0579. The number of aromatic nitrogens is 4. The van der Waals surface area contributed by atoms with Gasteiger partial charge in [0.15, 0.2) is 5.76 Å². The molecule has 2 amide bonds. The third-order valence-corrected chi connectivity index (χ3v) is 12.7. The summed E-state index contributed by atoms with van der Waals surface area (Å²) >= 11 is 1.58. The molecule has 0 bridgehead atoms. The molecule has 3 aromatic heterocycles. The standard InChI is InChI=1S/C48H53N9O7S/c1-27(2)44(48(61)56-25-35(58)20-40(56)47(60)52-28(3)31-10-12-33(13-11-31)45-29(4)50-26-65-45)42-22-43(55-64-42)63-19-18-62-36-16-14-32(15-17-36)30(5)57-24-34(23-51-57)38-21-39(53-54-46(38)49)37-8-6-7-9-41(37)59/h6-17,21-24,26-28,30,35,40,44,53-54,58-59H,18-20,25,49H2,1-5H3,(H,52,60)/t28-,30?,35+,40-,44-/m0/s1. The van der Waals surface area contributed by atoms with Crippen LogP contribution in [-0.4, -0.2) is 78.8 Å². The molecule has 0 spiro atoms. The Morgan fingerprint density at radius 3 is 2.45 bits per heavy atom. The first-order chi connectivity index (χ1) is 31.3. The van der Waals surface area contributed by atoms with Crippen molar-refractivity contribution in [1.29, 1.82) is 0 Å². The van der Waals surface area contributed by atoms with Crippen LogP contribution in [0.2, 0.25) is 0 Å². The van der Waals surface area contributed by atoms with Crippen LogP contribution in [0.5, 0.6) is 17.4 Å². The second-order valence-electron chi connectivity index (χ2n) is 16.6. The van der Waals surface area contributed by atoms with Crippen molar-refractivity contribution in [1.82, 2.24) is 41.0 Å². The van der Waals surface area contributed by atoms with Gasteiger partial charge in [0.05, 0.1) is 46.2 Å². The fourth-order valence-corrected chi connectivity index (χ4v) is 8.95. The van der Waals surface area contributed by atoms with Crippen LogP contribution in [0, 0.1) is 12.8 Å². The van der Waals surface area contributed by atoms with Crippen LogP contribution in [0.1, 0.15) is 85.8 Å². The number of likely N-dealkylation sites (tertiary alicyclic amines) is 1. The van der Waals surface area contributed by atoms with E-state index >= 15 is 0 Å². The molecule has 3 aromatic carbocycles. The van der Waals surface area contributed by atoms with Gasteiger partial charge >= 0.3 is 0 Å². The molecule has 0 saturated carbocycles. The number of nitrogens with zero attached hydrogens (tertiary/aromatic N) is 5. The van der Waals surface area contributed by atoms with E-state index in [9.17, 15) is 19.8 Å². The van der Waals surface area contributed by atoms with Gasteiger partial charge in [-0.2, -0.15) is 5.10 Å². The number of carbonyl (C=O) groups excluding carboxylic acids is 2. The van der Waals surface area contributed by atoms with Crippen LogP contribution >= 0.6 is 11.3 Å². The minimum atomic E-state index is -0.851. The highest BCUT2D eigenvalue weighted by Gasteiger charge is 2.43. The Morgan fingerprint density at radius 2 is 1.72 bits per heavy atom. The van der Waals surface area contributed by atoms with Crippen LogP contribution in [0.3, 0.4) is 0 Å². The number of allylic oxidation sites excluding steroid dienone is 2. The molecule has 338 valence electrons. The Hall–Kier alpha value is -7.11. The average molecular weight is 900 g/mol. The Kier molecular flexibility index (Phi) is 13.2. The van der Waals surface area contributed by atoms with E-state index in [4.69, 9.17) is 19.7 Å². The van der Waals surface area contributed by atoms with Crippen molar-refractivity contribution in [3.63, 3.8) is 0 Å². The molecule has 1 unspecified atom stereocenters. The highest BCUT2D eigenvalue weighted by Crippen LogP contribution is 2.34. The van der Waals surface area contributed by atoms with E-state index in [1.54, 1.807) is 35.7 Å². The second-order valence-corrected chi connectivity index (χ2v) is 17.5. The van der Waals surface area contributed by atoms with Crippen LogP contribution in [0.25, 0.3) is 21.7 Å². The number of para-hydroxylation sites is 1. The van der Waals surface area contributed by atoms with E-state index in [1.165, 1.54) is 4.90 Å². The number of aryl methyl sites for hydroxylation is 1. The number of benzene rings is 3. The first-order valence-corrected chi connectivity index (χ1v) is 22.4. The van der Waals surface area contributed by atoms with Crippen molar-refractivity contribution in [3.05, 3.63) is 142 Å². The first-order valence-electron chi connectivity index (χ1n) is 21.5. The predicted molar refractivity (Wildman–Crippen MR) is 246 cm³/mol. The monoisotopic (exact) mass is 899 g/mol. The number of aliphatic hydroxyl groups is 1. The summed E-state index contributed by atoms with van der Waals surface area (Å²) in [6.07, 6.45) is 4.84. The number of rotatable bonds is 16. The molecule has 17 heteroatoms. The van der Waals surface area contributed by atoms with Crippen LogP contribution < -0.4 is 31.4 Å². The van der Waals surface area contributed by atoms with E-state index in [0.717, 1.165) is 38.4 Å². The number of hydrogen-bond donors (Lipinski definition) is 6. The van der Waals surface area contributed by atoms with Gasteiger partial charge in [-0.05, 0) is 78.9 Å². The molecule has 16 nitrogen and oxygen atoms in total. The third kappa shape index (κ3) is 9.85. The number of β-amino-alcohol motifs (C(OH)–C–C–N with tert-alkyl or cyclic N) is 1. The molecule has 1 fully saturated rings. The van der Waals surface area contributed by atoms with Gasteiger partial charge in [0, 0.05) is 41.9 Å². The lowest BCUT2D eigenvalue weighted by molar-refractivity contribution is -0.141. The SMILES string of the molecule is Cc1ncsc1-c1ccc([C@H](C)NC(=O)[C@@H]2C[C@@H](O)CN2C(=O)[C@H](c2cc(OCCOc3ccc(C(C)n4cc(C5=C(N)NNC(c6ccccc6O)=C5)cn4)cc3)no2)C(C)C)cc1. The van der Waals surface area contributed by atoms with Gasteiger partial charge in [-0.25, -0.2) is 4.98 Å². The number of aromatic hydroxyl groups is 1. The minimum Gasteiger partial charge on any atom is -0.507 e. The third-order valence-electron chi connectivity index (χ3n) is 11.8. The number of aliphatic hydroxyl groups excluding tert-OH is 1. The summed E-state index contributed by atoms with van der Waals surface area (Å²) < 4.78 is 19.3. The molecule has 1 saturated heterocycles. The van der Waals surface area contributed by atoms with Crippen LogP contribution in [0.15, 0.2) is 113 Å². The zero-order chi connectivity index (χ0) is 45.8. The van der Waals surface area contributed by atoms with E-state index in [0.29, 0.717) is 28.6 Å². The molecule has 65 heavy (non-hydrogen) atoms. The highest BCUT2D eigenvalue weighted by molar-refractivity contribution is 7.13. The zero-order valence-corrected chi connectivity index (χ0v) is 37.6. The van der Waals surface area contributed by atoms with Gasteiger partial charge in [-0.1, -0.05) is 62.4 Å². The Bertz CT molecular complexity index is 2690. The molecule has 2 aliphatic rings. The van der Waals surface area contributed by atoms with Crippen molar-refractivity contribution < 1.29 is 33.8 Å². The lowest BCUT2D eigenvalue weighted by Gasteiger charge is -2.29. The van der Waals surface area contributed by atoms with Crippen LogP contribution in [-0.2, 0) is 9.59 Å². The maximum absolute atomic E-state index is 14.2. The number of amides is 2. The van der Waals surface area contributed by atoms with Crippen molar-refractivity contribution in [2.45, 2.75) is 71.2 Å². The van der Waals surface area contributed by atoms with Crippen molar-refractivity contribution in [2.24, 2.45) is 11.7 Å². The molecule has 2 aliphatic heterocycles. The number of phenols is 1. The topological polar surface area (TPSA) is 215 Å². The smallest absolute Gasteiger partial charge is 0.254 e. The first kappa shape index (κ1) is 44.5. The minimum absolute atomic E-state index is 0.0295. The maximum Gasteiger partial charge on any atom is 0.254 e. The summed E-state index contributed by atoms with van der Waals surface area (Å²) in [4.78, 5) is 34.7. The number of thiazole rings is 1. The largest absolute Gasteiger partial charge is 0.507 e. The average Bonchev–Trinajstić information content (AvgIpc) is 4.14. The Balaban J connectivity index is 0.828. The molecule has 8 rings (SSSR count). The molecule has 5 atom stereocenters. The van der Waals surface area contributed by atoms with E-state index in [1.807, 2.05) is 118 Å². The number of ether oxygens (including phenoxy) is 2. The van der Waals surface area contributed by atoms with Gasteiger partial charge in [0.2, 0.25) is 11.8 Å². The number of phenolic OH excluding ortho intramolecular Hbond substituents is 1. The number of nitrogens with one attached hydrogen (secondary N) is 3. The molecule has 0 aliphatic carbocycles. The van der Waals surface area contributed by atoms with E-state index < -0.39 is 18.1 Å². The summed E-state index contributed by atoms with van der Waals surface area (Å²) in [5.74, 6) is 0.109. The zero-order valence-electron chi connectivity index (χ0n) is 36.8. The molecule has 5 heterocycles. The predicted octanol–water partition coefficient (Wildman–Crippen LogP) is 6.43. The van der Waals surface area contributed by atoms with Crippen molar-refractivity contribution >= 4 is 34.4 Å². The van der Waals surface area contributed by atoms with Gasteiger partial charge in [0.25, 0.3) is 5.88 Å². The van der Waals surface area contributed by atoms with E-state index in [-0.39, 0.29) is 67.6 Å². The summed E-state index contributed by atoms with van der Waals surface area (Å²) in [6, 6.07) is 23.1. The lowest BCUT2D eigenvalue weighted by atomic mass is 9.91. The van der Waals surface area contributed by atoms with Gasteiger partial charge in [0.1, 0.15) is 42.5 Å². The lowest BCUT2D eigenvalue weighted by Crippen LogP contribution is -2.48. The molecular formula is C48H53N9O7S. The van der Waals surface area contributed by atoms with Gasteiger partial charge in [-0.15, -0.1) is 11.3 Å². The molecular weight excluding hydrogens is 847 g/mol. The summed E-state index contributed by atoms with van der Waals surface area (Å²) in [7, 11) is 0. The number of hydrogen-bond acceptors (Lipinski definition) is 14. The summed E-state index contributed by atoms with van der Waals surface area (Å²) in [5.41, 5.74) is 21.0. The summed E-state index contributed by atoms with van der Waals surface area (Å²) in [5, 5.41) is 32.8. The fourth-order valence-electron chi connectivity index (χ4n) is 8.14. The number of hydrazine groups is 1. The normalized spacial score (nSPS) is 17.5.